The van der Waals surface area contributed by atoms with Crippen LogP contribution in [0.5, 0.6) is 0 Å². The molecule has 40 heavy (non-hydrogen) atoms. The van der Waals surface area contributed by atoms with E-state index >= 15 is 0 Å². The molecule has 2 amide bonds. The van der Waals surface area contributed by atoms with Gasteiger partial charge in [0.15, 0.2) is 5.82 Å². The van der Waals surface area contributed by atoms with E-state index in [-0.39, 0.29) is 23.9 Å². The molecule has 0 saturated carbocycles. The maximum absolute atomic E-state index is 13.7. The van der Waals surface area contributed by atoms with E-state index in [1.807, 2.05) is 11.0 Å². The van der Waals surface area contributed by atoms with E-state index < -0.39 is 23.2 Å². The number of nitrogens with one attached hydrogen (secondary N) is 1. The van der Waals surface area contributed by atoms with Crippen LogP contribution < -0.4 is 15.8 Å². The summed E-state index contributed by atoms with van der Waals surface area (Å²) in [5.41, 5.74) is 0.506. The average molecular weight is 560 g/mol. The summed E-state index contributed by atoms with van der Waals surface area (Å²) >= 11 is 0. The van der Waals surface area contributed by atoms with Gasteiger partial charge in [-0.3, -0.25) is 14.4 Å². The fraction of sp³-hybridized carbons (Fsp3) is 0.423. The summed E-state index contributed by atoms with van der Waals surface area (Å²) in [5, 5.41) is 7.07. The van der Waals surface area contributed by atoms with Gasteiger partial charge in [0.05, 0.1) is 18.8 Å². The smallest absolute Gasteiger partial charge is 0.376 e. The van der Waals surface area contributed by atoms with E-state index in [1.165, 1.54) is 19.1 Å². The van der Waals surface area contributed by atoms with Gasteiger partial charge in [0.1, 0.15) is 12.2 Å². The molecule has 0 unspecified atom stereocenters. The van der Waals surface area contributed by atoms with Crippen molar-refractivity contribution in [3.8, 4) is 0 Å². The van der Waals surface area contributed by atoms with Crippen molar-refractivity contribution < 1.29 is 27.5 Å². The summed E-state index contributed by atoms with van der Waals surface area (Å²) in [4.78, 5) is 46.7. The maximum Gasteiger partial charge on any atom is 0.416 e. The lowest BCUT2D eigenvalue weighted by molar-refractivity contribution is -0.137. The van der Waals surface area contributed by atoms with Gasteiger partial charge in [-0.25, -0.2) is 0 Å². The average Bonchev–Trinajstić information content (AvgIpc) is 3.38. The van der Waals surface area contributed by atoms with Crippen LogP contribution in [-0.2, 0) is 27.0 Å². The number of carbonyl (C=O) groups excluding carboxylic acids is 2. The van der Waals surface area contributed by atoms with E-state index in [1.54, 1.807) is 16.4 Å². The molecule has 11 nitrogen and oxygen atoms in total. The van der Waals surface area contributed by atoms with Crippen molar-refractivity contribution >= 4 is 34.5 Å². The predicted molar refractivity (Wildman–Crippen MR) is 140 cm³/mol. The van der Waals surface area contributed by atoms with Crippen molar-refractivity contribution in [1.82, 2.24) is 24.1 Å². The highest BCUT2D eigenvalue weighted by molar-refractivity contribution is 5.91. The summed E-state index contributed by atoms with van der Waals surface area (Å²) in [6.45, 7) is 5.50. The molecule has 0 atom stereocenters. The normalized spacial score (nSPS) is 16.3. The second-order valence-electron chi connectivity index (χ2n) is 9.66. The molecular formula is C26H28F3N7O4. The van der Waals surface area contributed by atoms with E-state index in [0.717, 1.165) is 22.2 Å². The standard InChI is InChI=1S/C26H28F3N7O4/c1-16-22(34-11-9-33(10-12-34)17(2)37)24(39)36-25(31-23(32-36)18-4-3-13-40-15-18)35(16)14-21(38)30-20-7-5-19(6-8-20)26(27,28)29/h4-8H,3,9-15H2,1-2H3,(H,30,38). The number of hydrogen-bond acceptors (Lipinski definition) is 7. The van der Waals surface area contributed by atoms with Crippen LogP contribution in [0, 0.1) is 6.92 Å². The van der Waals surface area contributed by atoms with E-state index in [9.17, 15) is 27.6 Å². The molecule has 0 spiro atoms. The van der Waals surface area contributed by atoms with Gasteiger partial charge in [-0.2, -0.15) is 22.7 Å². The molecule has 2 aromatic heterocycles. The van der Waals surface area contributed by atoms with Gasteiger partial charge in [-0.1, -0.05) is 6.08 Å². The van der Waals surface area contributed by atoms with Gasteiger partial charge in [0, 0.05) is 50.1 Å². The number of anilines is 2. The Labute approximate surface area is 226 Å². The first-order valence-corrected chi connectivity index (χ1v) is 12.8. The number of ether oxygens (including phenoxy) is 1. The molecule has 1 aromatic carbocycles. The number of benzene rings is 1. The second kappa shape index (κ2) is 10.8. The molecule has 0 radical (unpaired) electrons. The van der Waals surface area contributed by atoms with Gasteiger partial charge in [0.25, 0.3) is 5.56 Å². The minimum absolute atomic E-state index is 0.0481. The molecule has 212 valence electrons. The Morgan fingerprint density at radius 3 is 2.40 bits per heavy atom. The fourth-order valence-electron chi connectivity index (χ4n) is 4.88. The zero-order valence-corrected chi connectivity index (χ0v) is 22.0. The van der Waals surface area contributed by atoms with Crippen LogP contribution in [-0.4, -0.2) is 75.3 Å². The van der Waals surface area contributed by atoms with Gasteiger partial charge < -0.3 is 24.4 Å². The Hall–Kier alpha value is -4.20. The van der Waals surface area contributed by atoms with E-state index in [0.29, 0.717) is 63.0 Å². The molecule has 1 saturated heterocycles. The maximum atomic E-state index is 13.7. The third kappa shape index (κ3) is 5.43. The Morgan fingerprint density at radius 1 is 1.10 bits per heavy atom. The largest absolute Gasteiger partial charge is 0.416 e. The lowest BCUT2D eigenvalue weighted by Crippen LogP contribution is -2.50. The molecule has 2 aliphatic rings. The zero-order valence-electron chi connectivity index (χ0n) is 22.0. The number of rotatable bonds is 5. The number of amides is 2. The number of alkyl halides is 3. The van der Waals surface area contributed by atoms with Crippen molar-refractivity contribution in [3.05, 3.63) is 57.8 Å². The molecule has 5 rings (SSSR count). The first kappa shape index (κ1) is 27.4. The minimum Gasteiger partial charge on any atom is -0.376 e. The Kier molecular flexibility index (Phi) is 7.36. The van der Waals surface area contributed by atoms with Crippen molar-refractivity contribution in [3.63, 3.8) is 0 Å². The SMILES string of the molecule is CC(=O)N1CCN(c2c(C)n(CC(=O)Nc3ccc(C(F)(F)F)cc3)c3nc(C4=CCCOC4)nn3c2=O)CC1. The summed E-state index contributed by atoms with van der Waals surface area (Å²) in [5.74, 6) is -0.108. The minimum atomic E-state index is -4.49. The highest BCUT2D eigenvalue weighted by atomic mass is 19.4. The van der Waals surface area contributed by atoms with Gasteiger partial charge in [0.2, 0.25) is 17.6 Å². The predicted octanol–water partition coefficient (Wildman–Crippen LogP) is 2.33. The molecule has 3 aromatic rings. The number of carbonyl (C=O) groups is 2. The van der Waals surface area contributed by atoms with Gasteiger partial charge >= 0.3 is 6.18 Å². The van der Waals surface area contributed by atoms with Crippen molar-refractivity contribution in [1.29, 1.82) is 0 Å². The summed E-state index contributed by atoms with van der Waals surface area (Å²) < 4.78 is 47.0. The van der Waals surface area contributed by atoms with Crippen LogP contribution in [0.4, 0.5) is 24.5 Å². The van der Waals surface area contributed by atoms with Crippen LogP contribution in [0.2, 0.25) is 0 Å². The van der Waals surface area contributed by atoms with Crippen LogP contribution in [0.25, 0.3) is 11.4 Å². The number of nitrogens with zero attached hydrogens (tertiary/aromatic N) is 6. The van der Waals surface area contributed by atoms with E-state index in [4.69, 9.17) is 4.74 Å². The van der Waals surface area contributed by atoms with Crippen LogP contribution in [0.1, 0.15) is 30.4 Å². The summed E-state index contributed by atoms with van der Waals surface area (Å²) in [6.07, 6.45) is -1.87. The number of hydrogen-bond donors (Lipinski definition) is 1. The highest BCUT2D eigenvalue weighted by Crippen LogP contribution is 2.30. The molecule has 1 N–H and O–H groups in total. The van der Waals surface area contributed by atoms with E-state index in [2.05, 4.69) is 15.4 Å². The summed E-state index contributed by atoms with van der Waals surface area (Å²) in [7, 11) is 0. The first-order valence-electron chi connectivity index (χ1n) is 12.8. The third-order valence-electron chi connectivity index (χ3n) is 7.01. The summed E-state index contributed by atoms with van der Waals surface area (Å²) in [6, 6.07) is 4.14. The second-order valence-corrected chi connectivity index (χ2v) is 9.66. The van der Waals surface area contributed by atoms with Gasteiger partial charge in [-0.15, -0.1) is 5.10 Å². The molecular weight excluding hydrogens is 531 g/mol. The number of piperazine rings is 1. The van der Waals surface area contributed by atoms with Crippen LogP contribution in [0.3, 0.4) is 0 Å². The van der Waals surface area contributed by atoms with Gasteiger partial charge in [-0.05, 0) is 37.6 Å². The topological polar surface area (TPSA) is 114 Å². The molecule has 0 aliphatic carbocycles. The molecule has 0 bridgehead atoms. The first-order chi connectivity index (χ1) is 19.0. The Balaban J connectivity index is 1.51. The Morgan fingerprint density at radius 2 is 1.80 bits per heavy atom. The lowest BCUT2D eigenvalue weighted by atomic mass is 10.2. The number of aromatic nitrogens is 4. The number of halogens is 3. The molecule has 14 heteroatoms. The number of fused-ring (bicyclic) bond motifs is 1. The molecule has 1 fully saturated rings. The monoisotopic (exact) mass is 559 g/mol. The third-order valence-corrected chi connectivity index (χ3v) is 7.01. The molecule has 2 aliphatic heterocycles. The Bertz CT molecular complexity index is 1530. The van der Waals surface area contributed by atoms with Crippen LogP contribution >= 0.6 is 0 Å². The highest BCUT2D eigenvalue weighted by Gasteiger charge is 2.30. The quantitative estimate of drug-likeness (QED) is 0.511. The van der Waals surface area contributed by atoms with Crippen molar-refractivity contribution in [2.75, 3.05) is 49.6 Å². The fourth-order valence-corrected chi connectivity index (χ4v) is 4.88. The van der Waals surface area contributed by atoms with Crippen molar-refractivity contribution in [2.24, 2.45) is 0 Å². The van der Waals surface area contributed by atoms with Crippen LogP contribution in [0.15, 0.2) is 35.1 Å². The lowest BCUT2D eigenvalue weighted by Gasteiger charge is -2.36. The zero-order chi connectivity index (χ0) is 28.6. The molecule has 4 heterocycles. The van der Waals surface area contributed by atoms with Crippen molar-refractivity contribution in [2.45, 2.75) is 33.0 Å².